The molecule has 1 saturated heterocycles. The molecule has 2 aliphatic carbocycles. The SMILES string of the molecule is CCC1CCC2(CC1)CNC1C(C)CC(C)CC1O2. The zero-order chi connectivity index (χ0) is 13.5. The molecule has 0 amide bonds. The number of ether oxygens (including phenoxy) is 1. The Morgan fingerprint density at radius 2 is 1.89 bits per heavy atom. The molecule has 110 valence electrons. The van der Waals surface area contributed by atoms with E-state index in [0.717, 1.165) is 24.3 Å². The fourth-order valence-corrected chi connectivity index (χ4v) is 4.81. The maximum absolute atomic E-state index is 6.69. The van der Waals surface area contributed by atoms with Gasteiger partial charge in [-0.3, -0.25) is 0 Å². The highest BCUT2D eigenvalue weighted by Crippen LogP contribution is 2.42. The average Bonchev–Trinajstić information content (AvgIpc) is 2.39. The molecule has 1 heterocycles. The Labute approximate surface area is 118 Å². The van der Waals surface area contributed by atoms with Crippen molar-refractivity contribution in [1.82, 2.24) is 5.32 Å². The lowest BCUT2D eigenvalue weighted by Crippen LogP contribution is -2.63. The first kappa shape index (κ1) is 13.9. The molecule has 0 aromatic rings. The molecule has 1 spiro atoms. The van der Waals surface area contributed by atoms with E-state index in [4.69, 9.17) is 4.74 Å². The Morgan fingerprint density at radius 1 is 1.16 bits per heavy atom. The van der Waals surface area contributed by atoms with Gasteiger partial charge in [0.2, 0.25) is 0 Å². The highest BCUT2D eigenvalue weighted by atomic mass is 16.5. The molecule has 1 aliphatic heterocycles. The van der Waals surface area contributed by atoms with Crippen molar-refractivity contribution in [1.29, 1.82) is 0 Å². The fourth-order valence-electron chi connectivity index (χ4n) is 4.81. The van der Waals surface area contributed by atoms with Gasteiger partial charge >= 0.3 is 0 Å². The largest absolute Gasteiger partial charge is 0.369 e. The van der Waals surface area contributed by atoms with Crippen LogP contribution in [0.25, 0.3) is 0 Å². The minimum atomic E-state index is 0.184. The molecule has 2 heteroatoms. The molecule has 4 atom stereocenters. The van der Waals surface area contributed by atoms with Gasteiger partial charge in [-0.15, -0.1) is 0 Å². The quantitative estimate of drug-likeness (QED) is 0.779. The maximum atomic E-state index is 6.69. The zero-order valence-electron chi connectivity index (χ0n) is 13.0. The van der Waals surface area contributed by atoms with E-state index in [0.29, 0.717) is 12.1 Å². The number of rotatable bonds is 1. The van der Waals surface area contributed by atoms with Crippen LogP contribution in [0.3, 0.4) is 0 Å². The van der Waals surface area contributed by atoms with E-state index in [1.807, 2.05) is 0 Å². The van der Waals surface area contributed by atoms with Crippen LogP contribution in [0.15, 0.2) is 0 Å². The summed E-state index contributed by atoms with van der Waals surface area (Å²) in [5.41, 5.74) is 0.184. The third kappa shape index (κ3) is 2.71. The van der Waals surface area contributed by atoms with Crippen LogP contribution in [-0.2, 0) is 4.74 Å². The highest BCUT2D eigenvalue weighted by Gasteiger charge is 2.46. The predicted octanol–water partition coefficient (Wildman–Crippen LogP) is 3.75. The third-order valence-corrected chi connectivity index (χ3v) is 6.08. The Bertz CT molecular complexity index is 308. The lowest BCUT2D eigenvalue weighted by Gasteiger charge is -2.52. The second-order valence-corrected chi connectivity index (χ2v) is 7.65. The molecule has 0 radical (unpaired) electrons. The summed E-state index contributed by atoms with van der Waals surface area (Å²) in [6.45, 7) is 8.23. The minimum absolute atomic E-state index is 0.184. The monoisotopic (exact) mass is 265 g/mol. The second kappa shape index (κ2) is 5.37. The number of nitrogens with one attached hydrogen (secondary N) is 1. The molecule has 3 rings (SSSR count). The molecule has 19 heavy (non-hydrogen) atoms. The van der Waals surface area contributed by atoms with E-state index < -0.39 is 0 Å². The van der Waals surface area contributed by atoms with Crippen molar-refractivity contribution in [2.24, 2.45) is 17.8 Å². The van der Waals surface area contributed by atoms with Gasteiger partial charge in [0.15, 0.2) is 0 Å². The number of fused-ring (bicyclic) bond motifs is 1. The number of hydrogen-bond donors (Lipinski definition) is 1. The van der Waals surface area contributed by atoms with Crippen molar-refractivity contribution in [3.8, 4) is 0 Å². The van der Waals surface area contributed by atoms with Gasteiger partial charge in [-0.25, -0.2) is 0 Å². The number of hydrogen-bond acceptors (Lipinski definition) is 2. The topological polar surface area (TPSA) is 21.3 Å². The molecule has 1 N–H and O–H groups in total. The summed E-state index contributed by atoms with van der Waals surface area (Å²) in [5, 5.41) is 3.86. The average molecular weight is 265 g/mol. The van der Waals surface area contributed by atoms with Crippen LogP contribution in [0.5, 0.6) is 0 Å². The smallest absolute Gasteiger partial charge is 0.0811 e. The second-order valence-electron chi connectivity index (χ2n) is 7.65. The van der Waals surface area contributed by atoms with Crippen LogP contribution in [0, 0.1) is 17.8 Å². The van der Waals surface area contributed by atoms with E-state index in [-0.39, 0.29) is 5.60 Å². The molecular formula is C17H31NO. The summed E-state index contributed by atoms with van der Waals surface area (Å²) >= 11 is 0. The molecule has 0 aromatic heterocycles. The summed E-state index contributed by atoms with van der Waals surface area (Å²) < 4.78 is 6.69. The summed E-state index contributed by atoms with van der Waals surface area (Å²) in [6.07, 6.45) is 9.77. The molecule has 2 saturated carbocycles. The molecule has 0 aromatic carbocycles. The van der Waals surface area contributed by atoms with Crippen LogP contribution in [0.2, 0.25) is 0 Å². The van der Waals surface area contributed by atoms with Gasteiger partial charge in [0.05, 0.1) is 11.7 Å². The van der Waals surface area contributed by atoms with E-state index >= 15 is 0 Å². The molecule has 2 nitrogen and oxygen atoms in total. The van der Waals surface area contributed by atoms with Gasteiger partial charge in [-0.1, -0.05) is 27.2 Å². The first-order chi connectivity index (χ1) is 9.12. The lowest BCUT2D eigenvalue weighted by molar-refractivity contribution is -0.176. The van der Waals surface area contributed by atoms with Crippen LogP contribution in [-0.4, -0.2) is 24.3 Å². The summed E-state index contributed by atoms with van der Waals surface area (Å²) in [4.78, 5) is 0. The van der Waals surface area contributed by atoms with Crippen LogP contribution in [0.1, 0.15) is 65.7 Å². The molecule has 3 fully saturated rings. The first-order valence-corrected chi connectivity index (χ1v) is 8.53. The summed E-state index contributed by atoms with van der Waals surface area (Å²) in [6, 6.07) is 0.616. The van der Waals surface area contributed by atoms with Gasteiger partial charge in [0.25, 0.3) is 0 Å². The standard InChI is InChI=1S/C17H31NO/c1-4-14-5-7-17(8-6-14)11-18-16-13(3)9-12(2)10-15(16)19-17/h12-16,18H,4-11H2,1-3H3. The molecule has 0 bridgehead atoms. The van der Waals surface area contributed by atoms with Crippen LogP contribution < -0.4 is 5.32 Å². The van der Waals surface area contributed by atoms with Crippen molar-refractivity contribution in [3.05, 3.63) is 0 Å². The van der Waals surface area contributed by atoms with E-state index in [2.05, 4.69) is 26.1 Å². The van der Waals surface area contributed by atoms with Gasteiger partial charge < -0.3 is 10.1 Å². The van der Waals surface area contributed by atoms with Gasteiger partial charge in [0.1, 0.15) is 0 Å². The molecular weight excluding hydrogens is 234 g/mol. The van der Waals surface area contributed by atoms with Crippen molar-refractivity contribution < 1.29 is 4.74 Å². The Hall–Kier alpha value is -0.0800. The van der Waals surface area contributed by atoms with Gasteiger partial charge in [-0.2, -0.15) is 0 Å². The zero-order valence-corrected chi connectivity index (χ0v) is 13.0. The lowest BCUT2D eigenvalue weighted by atomic mass is 9.73. The normalized spacial score (nSPS) is 51.0. The van der Waals surface area contributed by atoms with E-state index in [1.54, 1.807) is 0 Å². The van der Waals surface area contributed by atoms with Gasteiger partial charge in [-0.05, 0) is 56.3 Å². The maximum Gasteiger partial charge on any atom is 0.0811 e. The third-order valence-electron chi connectivity index (χ3n) is 6.08. The number of morpholine rings is 1. The summed E-state index contributed by atoms with van der Waals surface area (Å²) in [7, 11) is 0. The Kier molecular flexibility index (Phi) is 3.92. The van der Waals surface area contributed by atoms with Crippen LogP contribution >= 0.6 is 0 Å². The fraction of sp³-hybridized carbons (Fsp3) is 1.00. The predicted molar refractivity (Wildman–Crippen MR) is 79.2 cm³/mol. The molecule has 4 unspecified atom stereocenters. The van der Waals surface area contributed by atoms with Crippen molar-refractivity contribution in [2.75, 3.05) is 6.54 Å². The molecule has 3 aliphatic rings. The van der Waals surface area contributed by atoms with Crippen molar-refractivity contribution >= 4 is 0 Å². The van der Waals surface area contributed by atoms with E-state index in [9.17, 15) is 0 Å². The van der Waals surface area contributed by atoms with Crippen LogP contribution in [0.4, 0.5) is 0 Å². The van der Waals surface area contributed by atoms with E-state index in [1.165, 1.54) is 44.9 Å². The van der Waals surface area contributed by atoms with Crippen molar-refractivity contribution in [2.45, 2.75) is 83.5 Å². The summed E-state index contributed by atoms with van der Waals surface area (Å²) in [5.74, 6) is 2.56. The minimum Gasteiger partial charge on any atom is -0.369 e. The highest BCUT2D eigenvalue weighted by molar-refractivity contribution is 5.00. The van der Waals surface area contributed by atoms with Crippen molar-refractivity contribution in [3.63, 3.8) is 0 Å². The Balaban J connectivity index is 1.65. The first-order valence-electron chi connectivity index (χ1n) is 8.53. The Morgan fingerprint density at radius 3 is 2.58 bits per heavy atom. The van der Waals surface area contributed by atoms with Gasteiger partial charge in [0, 0.05) is 12.6 Å².